The first-order valence-electron chi connectivity index (χ1n) is 8.55. The number of rotatable bonds is 2. The third-order valence-corrected chi connectivity index (χ3v) is 4.64. The first kappa shape index (κ1) is 17.0. The molecular weight excluding hydrogens is 308 g/mol. The summed E-state index contributed by atoms with van der Waals surface area (Å²) in [5, 5.41) is 12.7. The molecule has 1 unspecified atom stereocenters. The van der Waals surface area contributed by atoms with Crippen LogP contribution in [0.2, 0.25) is 0 Å². The van der Waals surface area contributed by atoms with Gasteiger partial charge in [-0.2, -0.15) is 0 Å². The maximum absolute atomic E-state index is 12.8. The number of nitrogens with zero attached hydrogens (tertiary/aromatic N) is 3. The Kier molecular flexibility index (Phi) is 4.62. The largest absolute Gasteiger partial charge is 0.505 e. The highest BCUT2D eigenvalue weighted by atomic mass is 16.6. The monoisotopic (exact) mass is 334 g/mol. The molecule has 1 aromatic rings. The van der Waals surface area contributed by atoms with Gasteiger partial charge in [-0.25, -0.2) is 14.8 Å². The van der Waals surface area contributed by atoms with E-state index in [0.717, 1.165) is 25.9 Å². The number of aromatic hydroxyl groups is 1. The summed E-state index contributed by atoms with van der Waals surface area (Å²) >= 11 is 0. The summed E-state index contributed by atoms with van der Waals surface area (Å²) in [5.74, 6) is 1.16. The quantitative estimate of drug-likeness (QED) is 0.856. The molecule has 1 aromatic heterocycles. The minimum atomic E-state index is -0.518. The molecule has 3 rings (SSSR count). The number of carbonyl (C=O) groups is 1. The summed E-state index contributed by atoms with van der Waals surface area (Å²) in [4.78, 5) is 23.0. The Bertz CT molecular complexity index is 584. The van der Waals surface area contributed by atoms with Gasteiger partial charge in [0.15, 0.2) is 5.75 Å². The van der Waals surface area contributed by atoms with E-state index in [9.17, 15) is 9.90 Å². The lowest BCUT2D eigenvalue weighted by atomic mass is 9.86. The summed E-state index contributed by atoms with van der Waals surface area (Å²) in [6.07, 6.45) is 5.09. The highest BCUT2D eigenvalue weighted by Crippen LogP contribution is 2.33. The van der Waals surface area contributed by atoms with Crippen LogP contribution in [0.25, 0.3) is 0 Å². The Balaban J connectivity index is 1.79. The second kappa shape index (κ2) is 6.55. The van der Waals surface area contributed by atoms with E-state index in [1.165, 1.54) is 12.4 Å². The molecule has 0 bridgehead atoms. The number of aromatic nitrogens is 2. The van der Waals surface area contributed by atoms with Gasteiger partial charge >= 0.3 is 6.09 Å². The van der Waals surface area contributed by atoms with Crippen LogP contribution in [0, 0.1) is 5.92 Å². The van der Waals surface area contributed by atoms with Gasteiger partial charge in [0.05, 0.1) is 18.4 Å². The lowest BCUT2D eigenvalue weighted by Crippen LogP contribution is -2.55. The lowest BCUT2D eigenvalue weighted by molar-refractivity contribution is -0.0103. The summed E-state index contributed by atoms with van der Waals surface area (Å²) in [5.41, 5.74) is -0.518. The topological polar surface area (TPSA) is 87.6 Å². The van der Waals surface area contributed by atoms with Gasteiger partial charge in [-0.1, -0.05) is 0 Å². The van der Waals surface area contributed by atoms with Crippen LogP contribution < -0.4 is 5.32 Å². The fourth-order valence-electron chi connectivity index (χ4n) is 3.62. The van der Waals surface area contributed by atoms with Gasteiger partial charge in [-0.05, 0) is 39.5 Å². The number of nitrogens with one attached hydrogen (secondary N) is 1. The third kappa shape index (κ3) is 3.77. The van der Waals surface area contributed by atoms with E-state index in [4.69, 9.17) is 4.74 Å². The summed E-state index contributed by atoms with van der Waals surface area (Å²) in [6.45, 7) is 7.41. The van der Waals surface area contributed by atoms with Gasteiger partial charge in [0.1, 0.15) is 11.4 Å². The van der Waals surface area contributed by atoms with E-state index in [1.807, 2.05) is 25.7 Å². The van der Waals surface area contributed by atoms with E-state index in [1.54, 1.807) is 0 Å². The Morgan fingerprint density at radius 2 is 2.04 bits per heavy atom. The average molecular weight is 334 g/mol. The number of piperidine rings is 1. The molecule has 0 radical (unpaired) electrons. The fourth-order valence-corrected chi connectivity index (χ4v) is 3.62. The van der Waals surface area contributed by atoms with Crippen LogP contribution in [0.3, 0.4) is 0 Å². The van der Waals surface area contributed by atoms with Crippen molar-refractivity contribution >= 4 is 6.09 Å². The van der Waals surface area contributed by atoms with Gasteiger partial charge in [-0.3, -0.25) is 0 Å². The van der Waals surface area contributed by atoms with Crippen LogP contribution in [0.15, 0.2) is 12.4 Å². The number of likely N-dealkylation sites (tertiary alicyclic amines) is 1. The van der Waals surface area contributed by atoms with E-state index in [0.29, 0.717) is 18.2 Å². The molecule has 2 fully saturated rings. The number of hydrogen-bond acceptors (Lipinski definition) is 6. The molecule has 0 aliphatic carbocycles. The first-order valence-corrected chi connectivity index (χ1v) is 8.55. The summed E-state index contributed by atoms with van der Waals surface area (Å²) in [7, 11) is 0. The van der Waals surface area contributed by atoms with Gasteiger partial charge in [0, 0.05) is 25.6 Å². The van der Waals surface area contributed by atoms with Crippen molar-refractivity contribution in [3.63, 3.8) is 0 Å². The zero-order valence-electron chi connectivity index (χ0n) is 14.5. The highest BCUT2D eigenvalue weighted by Gasteiger charge is 2.44. The maximum atomic E-state index is 12.8. The van der Waals surface area contributed by atoms with E-state index < -0.39 is 5.60 Å². The lowest BCUT2D eigenvalue weighted by Gasteiger charge is -2.43. The van der Waals surface area contributed by atoms with Crippen LogP contribution in [0.5, 0.6) is 5.75 Å². The van der Waals surface area contributed by atoms with Crippen LogP contribution in [0.1, 0.15) is 39.4 Å². The molecule has 2 saturated heterocycles. The molecule has 7 heteroatoms. The zero-order chi connectivity index (χ0) is 17.3. The van der Waals surface area contributed by atoms with Crippen molar-refractivity contribution in [2.24, 2.45) is 5.92 Å². The molecular formula is C17H26N4O3. The highest BCUT2D eigenvalue weighted by molar-refractivity contribution is 5.69. The first-order chi connectivity index (χ1) is 11.3. The molecule has 3 heterocycles. The number of fused-ring (bicyclic) bond motifs is 1. The van der Waals surface area contributed by atoms with Gasteiger partial charge < -0.3 is 20.1 Å². The molecule has 1 amide bonds. The molecule has 132 valence electrons. The predicted molar refractivity (Wildman–Crippen MR) is 88.6 cm³/mol. The van der Waals surface area contributed by atoms with Crippen LogP contribution >= 0.6 is 0 Å². The van der Waals surface area contributed by atoms with Crippen LogP contribution in [0.4, 0.5) is 4.79 Å². The standard InChI is InChI=1S/C17H26N4O3/c1-17(2,3)24-16(23)21-12(5-4-11-7-18-10-14(11)21)6-15-19-8-13(22)9-20-15/h8-9,11-12,14,18,22H,4-7,10H2,1-3H3/t11-,12?,14+/m1/s1. The predicted octanol–water partition coefficient (Wildman–Crippen LogP) is 1.71. The molecule has 0 saturated carbocycles. The second-order valence-electron chi connectivity index (χ2n) is 7.67. The summed E-state index contributed by atoms with van der Waals surface area (Å²) < 4.78 is 5.65. The molecule has 0 aromatic carbocycles. The van der Waals surface area contributed by atoms with Gasteiger partial charge in [0.25, 0.3) is 0 Å². The third-order valence-electron chi connectivity index (χ3n) is 4.64. The van der Waals surface area contributed by atoms with Crippen LogP contribution in [-0.4, -0.2) is 56.8 Å². The number of amides is 1. The van der Waals surface area contributed by atoms with Gasteiger partial charge in [0.2, 0.25) is 0 Å². The minimum absolute atomic E-state index is 0.0190. The normalized spacial score (nSPS) is 27.0. The Morgan fingerprint density at radius 1 is 1.33 bits per heavy atom. The molecule has 2 aliphatic heterocycles. The van der Waals surface area contributed by atoms with Crippen molar-refractivity contribution in [1.82, 2.24) is 20.2 Å². The maximum Gasteiger partial charge on any atom is 0.410 e. The Hall–Kier alpha value is -1.89. The molecule has 2 aliphatic rings. The van der Waals surface area contributed by atoms with Crippen molar-refractivity contribution in [2.45, 2.75) is 57.7 Å². The second-order valence-corrected chi connectivity index (χ2v) is 7.67. The molecule has 3 atom stereocenters. The van der Waals surface area contributed by atoms with Crippen molar-refractivity contribution in [3.8, 4) is 5.75 Å². The summed E-state index contributed by atoms with van der Waals surface area (Å²) in [6, 6.07) is 0.182. The average Bonchev–Trinajstić information content (AvgIpc) is 2.95. The van der Waals surface area contributed by atoms with E-state index in [-0.39, 0.29) is 23.9 Å². The van der Waals surface area contributed by atoms with Crippen LogP contribution in [-0.2, 0) is 11.2 Å². The molecule has 7 nitrogen and oxygen atoms in total. The number of ether oxygens (including phenoxy) is 1. The smallest absolute Gasteiger partial charge is 0.410 e. The van der Waals surface area contributed by atoms with Crippen molar-refractivity contribution in [1.29, 1.82) is 0 Å². The number of carbonyl (C=O) groups excluding carboxylic acids is 1. The van der Waals surface area contributed by atoms with E-state index >= 15 is 0 Å². The molecule has 24 heavy (non-hydrogen) atoms. The van der Waals surface area contributed by atoms with Gasteiger partial charge in [-0.15, -0.1) is 0 Å². The molecule has 0 spiro atoms. The van der Waals surface area contributed by atoms with Crippen molar-refractivity contribution in [3.05, 3.63) is 18.2 Å². The number of hydrogen-bond donors (Lipinski definition) is 2. The SMILES string of the molecule is CC(C)(C)OC(=O)N1C(Cc2ncc(O)cn2)CC[C@@H]2CNC[C@@H]21. The molecule has 2 N–H and O–H groups in total. The van der Waals surface area contributed by atoms with Crippen molar-refractivity contribution in [2.75, 3.05) is 13.1 Å². The fraction of sp³-hybridized carbons (Fsp3) is 0.706. The van der Waals surface area contributed by atoms with Crippen molar-refractivity contribution < 1.29 is 14.6 Å². The minimum Gasteiger partial charge on any atom is -0.505 e. The van der Waals surface area contributed by atoms with E-state index in [2.05, 4.69) is 15.3 Å². The Morgan fingerprint density at radius 3 is 2.71 bits per heavy atom. The zero-order valence-corrected chi connectivity index (χ0v) is 14.5. The Labute approximate surface area is 142 Å².